The zero-order valence-corrected chi connectivity index (χ0v) is 17.2. The fourth-order valence-electron chi connectivity index (χ4n) is 3.20. The first-order valence-electron chi connectivity index (χ1n) is 9.84. The molecule has 0 saturated heterocycles. The van der Waals surface area contributed by atoms with Crippen LogP contribution in [0, 0.1) is 0 Å². The van der Waals surface area contributed by atoms with Gasteiger partial charge in [-0.05, 0) is 23.3 Å². The summed E-state index contributed by atoms with van der Waals surface area (Å²) in [4.78, 5) is 8.77. The van der Waals surface area contributed by atoms with Crippen LogP contribution in [-0.2, 0) is 19.0 Å². The molecule has 0 atom stereocenters. The number of anilines is 3. The average Bonchev–Trinajstić information content (AvgIpc) is 3.19. The first kappa shape index (κ1) is 20.5. The Kier molecular flexibility index (Phi) is 5.66. The number of aromatic nitrogens is 4. The molecule has 4 rings (SSSR count). The van der Waals surface area contributed by atoms with Gasteiger partial charge < -0.3 is 16.0 Å². The summed E-state index contributed by atoms with van der Waals surface area (Å²) < 4.78 is 29.0. The highest BCUT2D eigenvalue weighted by Crippen LogP contribution is 2.28. The van der Waals surface area contributed by atoms with E-state index in [0.29, 0.717) is 24.6 Å². The third-order valence-electron chi connectivity index (χ3n) is 4.85. The van der Waals surface area contributed by atoms with Crippen molar-refractivity contribution >= 4 is 23.0 Å². The van der Waals surface area contributed by atoms with Crippen LogP contribution < -0.4 is 16.0 Å². The molecule has 1 aromatic carbocycles. The topological polar surface area (TPSA) is 79.2 Å². The van der Waals surface area contributed by atoms with Gasteiger partial charge in [-0.1, -0.05) is 24.3 Å². The maximum absolute atomic E-state index is 13.6. The standard InChI is InChI=1S/C22H23F2N7/c1-22(23,24)17-7-3-5-15(9-17)12-27-19-10-20(28-13-16-6-4-8-26-11-16)31-21(30-19)18(25-2)14-29-31/h3-11,14,25,28H,12-13H2,1-2H3,(H,27,30). The predicted molar refractivity (Wildman–Crippen MR) is 117 cm³/mol. The number of benzene rings is 1. The Balaban J connectivity index is 1.59. The maximum atomic E-state index is 13.6. The summed E-state index contributed by atoms with van der Waals surface area (Å²) in [6.45, 7) is 1.82. The van der Waals surface area contributed by atoms with Crippen molar-refractivity contribution in [2.75, 3.05) is 23.0 Å². The van der Waals surface area contributed by atoms with E-state index < -0.39 is 5.92 Å². The number of alkyl halides is 2. The van der Waals surface area contributed by atoms with Gasteiger partial charge in [0.15, 0.2) is 5.65 Å². The van der Waals surface area contributed by atoms with E-state index in [1.165, 1.54) is 12.1 Å². The highest BCUT2D eigenvalue weighted by molar-refractivity contribution is 5.71. The predicted octanol–water partition coefficient (Wildman–Crippen LogP) is 4.50. The summed E-state index contributed by atoms with van der Waals surface area (Å²) in [5.41, 5.74) is 3.19. The quantitative estimate of drug-likeness (QED) is 0.387. The molecular formula is C22H23F2N7. The minimum Gasteiger partial charge on any atom is -0.384 e. The first-order valence-corrected chi connectivity index (χ1v) is 9.84. The largest absolute Gasteiger partial charge is 0.384 e. The normalized spacial score (nSPS) is 11.5. The van der Waals surface area contributed by atoms with Gasteiger partial charge in [-0.25, -0.2) is 13.8 Å². The second kappa shape index (κ2) is 8.55. The van der Waals surface area contributed by atoms with Gasteiger partial charge in [0.2, 0.25) is 0 Å². The Labute approximate surface area is 178 Å². The Morgan fingerprint density at radius 3 is 2.55 bits per heavy atom. The van der Waals surface area contributed by atoms with E-state index in [1.807, 2.05) is 18.2 Å². The van der Waals surface area contributed by atoms with Crippen LogP contribution in [0.1, 0.15) is 23.6 Å². The molecule has 160 valence electrons. The van der Waals surface area contributed by atoms with Gasteiger partial charge in [-0.2, -0.15) is 9.61 Å². The van der Waals surface area contributed by atoms with Crippen molar-refractivity contribution in [1.29, 1.82) is 0 Å². The fraction of sp³-hybridized carbons (Fsp3) is 0.227. The van der Waals surface area contributed by atoms with Gasteiger partial charge in [-0.15, -0.1) is 0 Å². The Hall–Kier alpha value is -3.75. The van der Waals surface area contributed by atoms with Crippen molar-refractivity contribution < 1.29 is 8.78 Å². The zero-order chi connectivity index (χ0) is 21.8. The van der Waals surface area contributed by atoms with E-state index in [2.05, 4.69) is 31.0 Å². The summed E-state index contributed by atoms with van der Waals surface area (Å²) in [6, 6.07) is 12.1. The van der Waals surface area contributed by atoms with Crippen LogP contribution >= 0.6 is 0 Å². The van der Waals surface area contributed by atoms with Gasteiger partial charge in [0.1, 0.15) is 11.6 Å². The molecule has 0 radical (unpaired) electrons. The molecule has 4 aromatic rings. The number of fused-ring (bicyclic) bond motifs is 1. The zero-order valence-electron chi connectivity index (χ0n) is 17.2. The average molecular weight is 423 g/mol. The van der Waals surface area contributed by atoms with Gasteiger partial charge in [0.25, 0.3) is 5.92 Å². The van der Waals surface area contributed by atoms with E-state index in [4.69, 9.17) is 0 Å². The van der Waals surface area contributed by atoms with Crippen LogP contribution in [-0.4, -0.2) is 26.6 Å². The summed E-state index contributed by atoms with van der Waals surface area (Å²) in [6.07, 6.45) is 5.23. The van der Waals surface area contributed by atoms with Crippen molar-refractivity contribution in [2.45, 2.75) is 25.9 Å². The molecule has 0 fully saturated rings. The lowest BCUT2D eigenvalue weighted by Gasteiger charge is -2.14. The molecule has 0 aliphatic heterocycles. The number of hydrogen-bond donors (Lipinski definition) is 3. The molecule has 3 heterocycles. The summed E-state index contributed by atoms with van der Waals surface area (Å²) in [5.74, 6) is -1.53. The van der Waals surface area contributed by atoms with Crippen LogP contribution in [0.15, 0.2) is 61.1 Å². The molecule has 0 spiro atoms. The second-order valence-electron chi connectivity index (χ2n) is 7.23. The number of pyridine rings is 1. The Morgan fingerprint density at radius 1 is 1.00 bits per heavy atom. The van der Waals surface area contributed by atoms with Gasteiger partial charge in [-0.3, -0.25) is 4.98 Å². The molecule has 3 N–H and O–H groups in total. The molecule has 0 unspecified atom stereocenters. The highest BCUT2D eigenvalue weighted by Gasteiger charge is 2.24. The van der Waals surface area contributed by atoms with E-state index >= 15 is 0 Å². The SMILES string of the molecule is CNc1cnn2c(NCc3cccnc3)cc(NCc3cccc(C(C)(F)F)c3)nc12. The fourth-order valence-corrected chi connectivity index (χ4v) is 3.20. The van der Waals surface area contributed by atoms with Crippen molar-refractivity contribution in [1.82, 2.24) is 19.6 Å². The molecule has 7 nitrogen and oxygen atoms in total. The monoisotopic (exact) mass is 423 g/mol. The van der Waals surface area contributed by atoms with Crippen LogP contribution in [0.25, 0.3) is 5.65 Å². The van der Waals surface area contributed by atoms with Gasteiger partial charge in [0, 0.05) is 51.1 Å². The molecule has 0 aliphatic carbocycles. The van der Waals surface area contributed by atoms with Crippen LogP contribution in [0.5, 0.6) is 0 Å². The number of nitrogens with one attached hydrogen (secondary N) is 3. The van der Waals surface area contributed by atoms with Crippen molar-refractivity contribution in [2.24, 2.45) is 0 Å². The lowest BCUT2D eigenvalue weighted by atomic mass is 10.1. The van der Waals surface area contributed by atoms with E-state index in [1.54, 1.807) is 42.3 Å². The van der Waals surface area contributed by atoms with E-state index in [-0.39, 0.29) is 5.56 Å². The van der Waals surface area contributed by atoms with Gasteiger partial charge >= 0.3 is 0 Å². The molecule has 0 aliphatic rings. The molecule has 0 bridgehead atoms. The first-order chi connectivity index (χ1) is 14.9. The molecule has 3 aromatic heterocycles. The molecular weight excluding hydrogens is 400 g/mol. The number of halogens is 2. The van der Waals surface area contributed by atoms with Gasteiger partial charge in [0.05, 0.1) is 11.9 Å². The lowest BCUT2D eigenvalue weighted by molar-refractivity contribution is 0.0174. The van der Waals surface area contributed by atoms with Crippen LogP contribution in [0.2, 0.25) is 0 Å². The van der Waals surface area contributed by atoms with E-state index in [0.717, 1.165) is 29.6 Å². The highest BCUT2D eigenvalue weighted by atomic mass is 19.3. The molecule has 0 amide bonds. The smallest absolute Gasteiger partial charge is 0.270 e. The Bertz CT molecular complexity index is 1170. The lowest BCUT2D eigenvalue weighted by Crippen LogP contribution is -2.10. The second-order valence-corrected chi connectivity index (χ2v) is 7.23. The minimum atomic E-state index is -2.88. The van der Waals surface area contributed by atoms with E-state index in [9.17, 15) is 8.78 Å². The van der Waals surface area contributed by atoms with Crippen molar-refractivity contribution in [3.05, 3.63) is 77.7 Å². The maximum Gasteiger partial charge on any atom is 0.270 e. The van der Waals surface area contributed by atoms with Crippen LogP contribution in [0.4, 0.5) is 26.1 Å². The Morgan fingerprint density at radius 2 is 1.81 bits per heavy atom. The van der Waals surface area contributed by atoms with Crippen LogP contribution in [0.3, 0.4) is 0 Å². The summed E-state index contributed by atoms with van der Waals surface area (Å²) in [7, 11) is 1.80. The summed E-state index contributed by atoms with van der Waals surface area (Å²) in [5, 5.41) is 14.1. The van der Waals surface area contributed by atoms with Crippen molar-refractivity contribution in [3.63, 3.8) is 0 Å². The third-order valence-corrected chi connectivity index (χ3v) is 4.85. The number of rotatable bonds is 8. The molecule has 0 saturated carbocycles. The van der Waals surface area contributed by atoms with Crippen molar-refractivity contribution in [3.8, 4) is 0 Å². The molecule has 31 heavy (non-hydrogen) atoms. The number of hydrogen-bond acceptors (Lipinski definition) is 6. The number of nitrogens with zero attached hydrogens (tertiary/aromatic N) is 4. The molecule has 9 heteroatoms. The third kappa shape index (κ3) is 4.71. The minimum absolute atomic E-state index is 0.0118. The summed E-state index contributed by atoms with van der Waals surface area (Å²) >= 11 is 0.